The molecule has 0 atom stereocenters. The summed E-state index contributed by atoms with van der Waals surface area (Å²) < 4.78 is 5.55. The highest BCUT2D eigenvalue weighted by Crippen LogP contribution is 2.22. The fourth-order valence-corrected chi connectivity index (χ4v) is 1.64. The molecule has 0 aliphatic heterocycles. The van der Waals surface area contributed by atoms with E-state index in [9.17, 15) is 0 Å². The van der Waals surface area contributed by atoms with Gasteiger partial charge in [0.2, 0.25) is 0 Å². The molecule has 0 aromatic carbocycles. The molecule has 3 heterocycles. The molecule has 0 spiro atoms. The zero-order chi connectivity index (χ0) is 14.7. The second-order valence-electron chi connectivity index (χ2n) is 4.26. The molecule has 7 heteroatoms. The highest BCUT2D eigenvalue weighted by Gasteiger charge is 2.08. The van der Waals surface area contributed by atoms with E-state index in [0.717, 1.165) is 5.69 Å². The van der Waals surface area contributed by atoms with E-state index >= 15 is 0 Å². The van der Waals surface area contributed by atoms with Crippen molar-refractivity contribution in [2.75, 3.05) is 5.32 Å². The summed E-state index contributed by atoms with van der Waals surface area (Å²) in [7, 11) is 0. The smallest absolute Gasteiger partial charge is 0.299 e. The maximum atomic E-state index is 8.69. The number of anilines is 2. The molecule has 0 bridgehead atoms. The minimum absolute atomic E-state index is 0.318. The first-order valence-electron chi connectivity index (χ1n) is 6.14. The summed E-state index contributed by atoms with van der Waals surface area (Å²) >= 11 is 0. The molecule has 0 aliphatic rings. The number of aromatic nitrogens is 4. The largest absolute Gasteiger partial charge is 0.422 e. The number of nitriles is 1. The lowest BCUT2D eigenvalue weighted by atomic mass is 10.3. The van der Waals surface area contributed by atoms with Crippen molar-refractivity contribution < 1.29 is 4.42 Å². The van der Waals surface area contributed by atoms with Gasteiger partial charge in [-0.2, -0.15) is 10.4 Å². The Morgan fingerprint density at radius 2 is 2.00 bits per heavy atom. The van der Waals surface area contributed by atoms with Crippen LogP contribution in [0.4, 0.5) is 11.7 Å². The third-order valence-electron chi connectivity index (χ3n) is 2.69. The molecule has 0 amide bonds. The van der Waals surface area contributed by atoms with Crippen LogP contribution >= 0.6 is 0 Å². The highest BCUT2D eigenvalue weighted by atomic mass is 16.4. The van der Waals surface area contributed by atoms with Gasteiger partial charge in [0.25, 0.3) is 6.01 Å². The number of pyridine rings is 1. The van der Waals surface area contributed by atoms with Gasteiger partial charge in [-0.1, -0.05) is 0 Å². The molecule has 3 aromatic rings. The van der Waals surface area contributed by atoms with Crippen LogP contribution in [0.2, 0.25) is 0 Å². The van der Waals surface area contributed by atoms with Crippen molar-refractivity contribution in [3.8, 4) is 17.5 Å². The molecule has 102 valence electrons. The van der Waals surface area contributed by atoms with Gasteiger partial charge in [0.1, 0.15) is 17.5 Å². The summed E-state index contributed by atoms with van der Waals surface area (Å²) in [5.74, 6) is 0.520. The SMILES string of the molecule is Cc1ccc(-c2cnc(Nc3ccc(C#N)nc3)o2)nn1. The first-order chi connectivity index (χ1) is 10.2. The summed E-state index contributed by atoms with van der Waals surface area (Å²) in [5.41, 5.74) is 2.47. The fraction of sp³-hybridized carbons (Fsp3) is 0.0714. The van der Waals surface area contributed by atoms with Gasteiger partial charge in [-0.3, -0.25) is 0 Å². The van der Waals surface area contributed by atoms with Gasteiger partial charge in [0.05, 0.1) is 23.8 Å². The Kier molecular flexibility index (Phi) is 3.27. The zero-order valence-electron chi connectivity index (χ0n) is 11.1. The van der Waals surface area contributed by atoms with Gasteiger partial charge in [0, 0.05) is 0 Å². The second-order valence-corrected chi connectivity index (χ2v) is 4.26. The third-order valence-corrected chi connectivity index (χ3v) is 2.69. The summed E-state index contributed by atoms with van der Waals surface area (Å²) in [4.78, 5) is 8.07. The Morgan fingerprint density at radius 1 is 1.10 bits per heavy atom. The maximum Gasteiger partial charge on any atom is 0.299 e. The van der Waals surface area contributed by atoms with Gasteiger partial charge < -0.3 is 9.73 Å². The topological polar surface area (TPSA) is 101 Å². The highest BCUT2D eigenvalue weighted by molar-refractivity contribution is 5.55. The van der Waals surface area contributed by atoms with Crippen LogP contribution in [0.3, 0.4) is 0 Å². The molecule has 21 heavy (non-hydrogen) atoms. The van der Waals surface area contributed by atoms with E-state index in [-0.39, 0.29) is 0 Å². The molecule has 3 rings (SSSR count). The molecule has 7 nitrogen and oxygen atoms in total. The quantitative estimate of drug-likeness (QED) is 0.785. The number of nitrogens with one attached hydrogen (secondary N) is 1. The normalized spacial score (nSPS) is 10.1. The van der Waals surface area contributed by atoms with E-state index in [1.807, 2.05) is 25.1 Å². The number of oxazole rings is 1. The van der Waals surface area contributed by atoms with Gasteiger partial charge in [0.15, 0.2) is 5.76 Å². The van der Waals surface area contributed by atoms with Crippen LogP contribution in [0, 0.1) is 18.3 Å². The third kappa shape index (κ3) is 2.84. The van der Waals surface area contributed by atoms with Gasteiger partial charge >= 0.3 is 0 Å². The predicted molar refractivity (Wildman–Crippen MR) is 74.5 cm³/mol. The molecule has 3 aromatic heterocycles. The number of hydrogen-bond acceptors (Lipinski definition) is 7. The number of hydrogen-bond donors (Lipinski definition) is 1. The number of rotatable bonds is 3. The van der Waals surface area contributed by atoms with Gasteiger partial charge in [-0.25, -0.2) is 9.97 Å². The van der Waals surface area contributed by atoms with Crippen molar-refractivity contribution >= 4 is 11.7 Å². The summed E-state index contributed by atoms with van der Waals surface area (Å²) in [6, 6.07) is 9.27. The van der Waals surface area contributed by atoms with Gasteiger partial charge in [-0.15, -0.1) is 5.10 Å². The molecule has 0 unspecified atom stereocenters. The molecule has 0 fully saturated rings. The molecule has 0 saturated carbocycles. The zero-order valence-corrected chi connectivity index (χ0v) is 11.1. The Bertz CT molecular complexity index is 786. The van der Waals surface area contributed by atoms with Crippen molar-refractivity contribution in [1.29, 1.82) is 5.26 Å². The van der Waals surface area contributed by atoms with Crippen LogP contribution in [0.5, 0.6) is 0 Å². The van der Waals surface area contributed by atoms with E-state index in [4.69, 9.17) is 9.68 Å². The molecular formula is C14H10N6O. The van der Waals surface area contributed by atoms with Crippen molar-refractivity contribution in [3.63, 3.8) is 0 Å². The Labute approximate surface area is 120 Å². The average Bonchev–Trinajstić information content (AvgIpc) is 2.97. The van der Waals surface area contributed by atoms with E-state index in [1.54, 1.807) is 18.3 Å². The maximum absolute atomic E-state index is 8.69. The summed E-state index contributed by atoms with van der Waals surface area (Å²) in [5, 5.41) is 19.7. The van der Waals surface area contributed by atoms with Crippen LogP contribution in [0.25, 0.3) is 11.5 Å². The van der Waals surface area contributed by atoms with Crippen LogP contribution in [0.1, 0.15) is 11.4 Å². The fourth-order valence-electron chi connectivity index (χ4n) is 1.64. The molecule has 0 saturated heterocycles. The Morgan fingerprint density at radius 3 is 2.67 bits per heavy atom. The predicted octanol–water partition coefficient (Wildman–Crippen LogP) is 2.45. The molecule has 0 aliphatic carbocycles. The van der Waals surface area contributed by atoms with Crippen LogP contribution in [-0.4, -0.2) is 20.2 Å². The monoisotopic (exact) mass is 278 g/mol. The number of aryl methyl sites for hydroxylation is 1. The lowest BCUT2D eigenvalue weighted by Crippen LogP contribution is -1.91. The Balaban J connectivity index is 1.78. The molecule has 1 N–H and O–H groups in total. The van der Waals surface area contributed by atoms with Crippen LogP contribution in [0.15, 0.2) is 41.1 Å². The van der Waals surface area contributed by atoms with Crippen molar-refractivity contribution in [2.24, 2.45) is 0 Å². The van der Waals surface area contributed by atoms with Crippen LogP contribution < -0.4 is 5.32 Å². The van der Waals surface area contributed by atoms with Crippen LogP contribution in [-0.2, 0) is 0 Å². The van der Waals surface area contributed by atoms with E-state index in [2.05, 4.69) is 25.5 Å². The summed E-state index contributed by atoms with van der Waals surface area (Å²) in [6.07, 6.45) is 3.10. The minimum Gasteiger partial charge on any atom is -0.422 e. The van der Waals surface area contributed by atoms with E-state index in [0.29, 0.717) is 28.9 Å². The van der Waals surface area contributed by atoms with Crippen molar-refractivity contribution in [1.82, 2.24) is 20.2 Å². The average molecular weight is 278 g/mol. The Hall–Kier alpha value is -3.27. The van der Waals surface area contributed by atoms with Crippen molar-refractivity contribution in [3.05, 3.63) is 48.0 Å². The minimum atomic E-state index is 0.318. The molecule has 0 radical (unpaired) electrons. The van der Waals surface area contributed by atoms with E-state index in [1.165, 1.54) is 6.20 Å². The first kappa shape index (κ1) is 12.7. The second kappa shape index (κ2) is 5.38. The lowest BCUT2D eigenvalue weighted by molar-refractivity contribution is 0.588. The molecular weight excluding hydrogens is 268 g/mol. The standard InChI is InChI=1S/C14H10N6O/c1-9-2-5-12(20-19-9)13-8-17-14(21-13)18-11-4-3-10(6-15)16-7-11/h2-5,7-8H,1H3,(H,17,18). The number of nitrogens with zero attached hydrogens (tertiary/aromatic N) is 5. The van der Waals surface area contributed by atoms with E-state index < -0.39 is 0 Å². The first-order valence-corrected chi connectivity index (χ1v) is 6.14. The lowest BCUT2D eigenvalue weighted by Gasteiger charge is -2.00. The van der Waals surface area contributed by atoms with Gasteiger partial charge in [-0.05, 0) is 31.2 Å². The van der Waals surface area contributed by atoms with Crippen molar-refractivity contribution in [2.45, 2.75) is 6.92 Å². The summed E-state index contributed by atoms with van der Waals surface area (Å²) in [6.45, 7) is 1.86.